The molecule has 0 atom stereocenters. The Bertz CT molecular complexity index is 1360. The van der Waals surface area contributed by atoms with Crippen molar-refractivity contribution in [1.82, 2.24) is 19.5 Å². The molecule has 1 aromatic carbocycles. The molecule has 3 aromatic heterocycles. The average molecular weight is 510 g/mol. The van der Waals surface area contributed by atoms with Crippen LogP contribution in [0.5, 0.6) is 0 Å². The fourth-order valence-electron chi connectivity index (χ4n) is 3.84. The van der Waals surface area contributed by atoms with Gasteiger partial charge >= 0.3 is 6.18 Å². The van der Waals surface area contributed by atoms with E-state index in [2.05, 4.69) is 10.1 Å². The summed E-state index contributed by atoms with van der Waals surface area (Å²) in [6, 6.07) is 11.4. The van der Waals surface area contributed by atoms with E-state index in [0.717, 1.165) is 23.1 Å². The van der Waals surface area contributed by atoms with E-state index in [1.165, 1.54) is 23.1 Å². The zero-order valence-electron chi connectivity index (χ0n) is 17.4. The number of halogens is 5. The summed E-state index contributed by atoms with van der Waals surface area (Å²) in [6.07, 6.45) is -4.70. The van der Waals surface area contributed by atoms with Crippen LogP contribution in [0.25, 0.3) is 16.2 Å². The molecule has 1 fully saturated rings. The van der Waals surface area contributed by atoms with E-state index >= 15 is 0 Å². The van der Waals surface area contributed by atoms with Gasteiger partial charge in [0.15, 0.2) is 17.0 Å². The molecule has 4 heterocycles. The molecule has 12 heteroatoms. The molecule has 0 N–H and O–H groups in total. The zero-order chi connectivity index (χ0) is 24.0. The van der Waals surface area contributed by atoms with Crippen LogP contribution in [0.4, 0.5) is 23.2 Å². The highest BCUT2D eigenvalue weighted by Gasteiger charge is 2.36. The summed E-state index contributed by atoms with van der Waals surface area (Å²) in [6.45, 7) is 1.70. The molecular formula is C22H16ClF4N5OS. The molecule has 34 heavy (non-hydrogen) atoms. The van der Waals surface area contributed by atoms with Crippen molar-refractivity contribution in [3.63, 3.8) is 0 Å². The minimum atomic E-state index is -4.70. The van der Waals surface area contributed by atoms with Gasteiger partial charge in [0.2, 0.25) is 0 Å². The van der Waals surface area contributed by atoms with Gasteiger partial charge in [0.1, 0.15) is 5.82 Å². The molecule has 0 saturated carbocycles. The number of rotatable bonds is 3. The number of thiophene rings is 1. The van der Waals surface area contributed by atoms with Gasteiger partial charge in [-0.1, -0.05) is 11.6 Å². The number of fused-ring (bicyclic) bond motifs is 1. The molecule has 6 nitrogen and oxygen atoms in total. The molecule has 0 aliphatic carbocycles. The number of carbonyl (C=O) groups is 1. The second-order valence-electron chi connectivity index (χ2n) is 7.68. The first-order valence-electron chi connectivity index (χ1n) is 10.2. The van der Waals surface area contributed by atoms with Crippen molar-refractivity contribution in [2.24, 2.45) is 0 Å². The average Bonchev–Trinajstić information content (AvgIpc) is 3.44. The SMILES string of the molecule is O=C(c1cc2nc(-c3ccc(Cl)s3)cc(C(F)(F)F)n2n1)N1CCN(c2ccc(F)cc2)CC1. The van der Waals surface area contributed by atoms with Crippen LogP contribution in [0, 0.1) is 5.82 Å². The number of hydrogen-bond donors (Lipinski definition) is 0. The Hall–Kier alpha value is -3.18. The molecule has 1 aliphatic heterocycles. The van der Waals surface area contributed by atoms with Gasteiger partial charge < -0.3 is 9.80 Å². The van der Waals surface area contributed by atoms with Crippen molar-refractivity contribution >= 4 is 40.2 Å². The molecule has 0 radical (unpaired) electrons. The van der Waals surface area contributed by atoms with Gasteiger partial charge in [0, 0.05) is 37.9 Å². The number of nitrogens with zero attached hydrogens (tertiary/aromatic N) is 5. The fraction of sp³-hybridized carbons (Fsp3) is 0.227. The number of hydrogen-bond acceptors (Lipinski definition) is 5. The number of piperazine rings is 1. The van der Waals surface area contributed by atoms with Crippen LogP contribution in [0.1, 0.15) is 16.2 Å². The molecule has 176 valence electrons. The second-order valence-corrected chi connectivity index (χ2v) is 9.40. The van der Waals surface area contributed by atoms with E-state index in [1.807, 2.05) is 4.90 Å². The first kappa shape index (κ1) is 22.6. The van der Waals surface area contributed by atoms with Crippen molar-refractivity contribution < 1.29 is 22.4 Å². The van der Waals surface area contributed by atoms with E-state index in [9.17, 15) is 22.4 Å². The van der Waals surface area contributed by atoms with Crippen molar-refractivity contribution in [2.45, 2.75) is 6.18 Å². The van der Waals surface area contributed by atoms with E-state index in [1.54, 1.807) is 24.3 Å². The van der Waals surface area contributed by atoms with E-state index in [-0.39, 0.29) is 22.9 Å². The maximum absolute atomic E-state index is 13.8. The monoisotopic (exact) mass is 509 g/mol. The van der Waals surface area contributed by atoms with Crippen LogP contribution in [0.3, 0.4) is 0 Å². The van der Waals surface area contributed by atoms with Crippen molar-refractivity contribution in [3.8, 4) is 10.6 Å². The Kier molecular flexibility index (Phi) is 5.68. The highest BCUT2D eigenvalue weighted by atomic mass is 35.5. The van der Waals surface area contributed by atoms with Gasteiger partial charge in [-0.25, -0.2) is 13.9 Å². The summed E-state index contributed by atoms with van der Waals surface area (Å²) in [5.74, 6) is -0.806. The summed E-state index contributed by atoms with van der Waals surface area (Å²) in [4.78, 5) is 21.3. The summed E-state index contributed by atoms with van der Waals surface area (Å²) in [5.41, 5.74) is -0.292. The van der Waals surface area contributed by atoms with Crippen LogP contribution in [-0.4, -0.2) is 51.6 Å². The molecular weight excluding hydrogens is 494 g/mol. The molecule has 0 bridgehead atoms. The summed E-state index contributed by atoms with van der Waals surface area (Å²) in [7, 11) is 0. The van der Waals surface area contributed by atoms with Gasteiger partial charge in [-0.2, -0.15) is 18.3 Å². The third-order valence-electron chi connectivity index (χ3n) is 5.52. The van der Waals surface area contributed by atoms with Gasteiger partial charge in [-0.05, 0) is 42.5 Å². The smallest absolute Gasteiger partial charge is 0.368 e. The minimum absolute atomic E-state index is 0.0809. The number of aromatic nitrogens is 3. The Balaban J connectivity index is 1.41. The van der Waals surface area contributed by atoms with Crippen molar-refractivity contribution in [1.29, 1.82) is 0 Å². The third-order valence-corrected chi connectivity index (χ3v) is 6.77. The number of anilines is 1. The van der Waals surface area contributed by atoms with Gasteiger partial charge in [-0.3, -0.25) is 4.79 Å². The molecule has 4 aromatic rings. The number of amides is 1. The number of benzene rings is 1. The number of alkyl halides is 3. The van der Waals surface area contributed by atoms with Crippen molar-refractivity contribution in [2.75, 3.05) is 31.1 Å². The Morgan fingerprint density at radius 2 is 1.71 bits per heavy atom. The zero-order valence-corrected chi connectivity index (χ0v) is 19.0. The lowest BCUT2D eigenvalue weighted by molar-refractivity contribution is -0.142. The Labute approximate surface area is 200 Å². The minimum Gasteiger partial charge on any atom is -0.368 e. The normalized spacial score (nSPS) is 14.7. The van der Waals surface area contributed by atoms with Crippen LogP contribution < -0.4 is 4.90 Å². The lowest BCUT2D eigenvalue weighted by Crippen LogP contribution is -2.48. The standard InChI is InChI=1S/C22H16ClF4N5OS/c23-19-6-5-17(34-19)15-11-18(22(25,26)27)32-20(28-15)12-16(29-32)21(33)31-9-7-30(8-10-31)14-3-1-13(24)2-4-14/h1-6,11-12H,7-10H2. The lowest BCUT2D eigenvalue weighted by Gasteiger charge is -2.35. The molecule has 1 saturated heterocycles. The predicted octanol–water partition coefficient (Wildman–Crippen LogP) is 5.23. The summed E-state index contributed by atoms with van der Waals surface area (Å²) < 4.78 is 55.6. The molecule has 1 aliphatic rings. The largest absolute Gasteiger partial charge is 0.433 e. The molecule has 0 unspecified atom stereocenters. The molecule has 1 amide bonds. The maximum Gasteiger partial charge on any atom is 0.433 e. The summed E-state index contributed by atoms with van der Waals surface area (Å²) in [5, 5.41) is 3.95. The van der Waals surface area contributed by atoms with Crippen LogP contribution in [0.2, 0.25) is 4.34 Å². The topological polar surface area (TPSA) is 53.7 Å². The first-order chi connectivity index (χ1) is 16.2. The van der Waals surface area contributed by atoms with Crippen molar-refractivity contribution in [3.05, 3.63) is 70.1 Å². The fourth-order valence-corrected chi connectivity index (χ4v) is 4.84. The second kappa shape index (κ2) is 8.55. The number of carbonyl (C=O) groups excluding carboxylic acids is 1. The highest BCUT2D eigenvalue weighted by Crippen LogP contribution is 2.35. The molecule has 5 rings (SSSR count). The van der Waals surface area contributed by atoms with Crippen LogP contribution >= 0.6 is 22.9 Å². The summed E-state index contributed by atoms with van der Waals surface area (Å²) >= 11 is 7.04. The Morgan fingerprint density at radius 3 is 2.32 bits per heavy atom. The molecule has 0 spiro atoms. The predicted molar refractivity (Wildman–Crippen MR) is 121 cm³/mol. The lowest BCUT2D eigenvalue weighted by atomic mass is 10.2. The van der Waals surface area contributed by atoms with Gasteiger partial charge in [0.05, 0.1) is 14.9 Å². The van der Waals surface area contributed by atoms with E-state index < -0.39 is 17.8 Å². The van der Waals surface area contributed by atoms with E-state index in [4.69, 9.17) is 11.6 Å². The quantitative estimate of drug-likeness (QED) is 0.355. The van der Waals surface area contributed by atoms with Crippen LogP contribution in [-0.2, 0) is 6.18 Å². The van der Waals surface area contributed by atoms with Gasteiger partial charge in [0.25, 0.3) is 5.91 Å². The first-order valence-corrected chi connectivity index (χ1v) is 11.4. The van der Waals surface area contributed by atoms with Crippen LogP contribution in [0.15, 0.2) is 48.5 Å². The third kappa shape index (κ3) is 4.32. The Morgan fingerprint density at radius 1 is 1.00 bits per heavy atom. The highest BCUT2D eigenvalue weighted by molar-refractivity contribution is 7.19. The van der Waals surface area contributed by atoms with E-state index in [0.29, 0.717) is 39.9 Å². The maximum atomic E-state index is 13.8. The van der Waals surface area contributed by atoms with Gasteiger partial charge in [-0.15, -0.1) is 11.3 Å².